The van der Waals surface area contributed by atoms with Gasteiger partial charge in [0.1, 0.15) is 12.1 Å². The van der Waals surface area contributed by atoms with Crippen LogP contribution in [0, 0.1) is 5.92 Å². The molecule has 1 heterocycles. The highest BCUT2D eigenvalue weighted by atomic mass is 16.5. The Labute approximate surface area is 223 Å². The van der Waals surface area contributed by atoms with Gasteiger partial charge in [0.15, 0.2) is 0 Å². The molecule has 0 aromatic carbocycles. The molecule has 1 fully saturated rings. The summed E-state index contributed by atoms with van der Waals surface area (Å²) in [7, 11) is 0. The number of aliphatic carboxylic acids is 1. The van der Waals surface area contributed by atoms with E-state index in [-0.39, 0.29) is 37.5 Å². The minimum absolute atomic E-state index is 0.0619. The number of primary amides is 1. The molecule has 37 heavy (non-hydrogen) atoms. The summed E-state index contributed by atoms with van der Waals surface area (Å²) < 4.78 is 5.65. The highest BCUT2D eigenvalue weighted by molar-refractivity contribution is 5.86. The lowest BCUT2D eigenvalue weighted by Gasteiger charge is -2.26. The van der Waals surface area contributed by atoms with E-state index in [0.717, 1.165) is 32.4 Å². The Bertz CT molecular complexity index is 666. The predicted octanol–water partition coefficient (Wildman–Crippen LogP) is 4.21. The van der Waals surface area contributed by atoms with Crippen molar-refractivity contribution in [1.82, 2.24) is 10.6 Å². The maximum atomic E-state index is 13.0. The molecular formula is C28H51N3O6. The second kappa shape index (κ2) is 20.8. The number of carbonyl (C=O) groups excluding carboxylic acids is 3. The van der Waals surface area contributed by atoms with Gasteiger partial charge in [0, 0.05) is 12.3 Å². The standard InChI is InChI=1S/C28H51N3O6/c1-2-3-4-5-6-7-8-9-10-11-12-14-23(21-25(29)32)37-28(36)24(15-13-16-26(33)34)31-27(35)22-17-19-30-20-18-22/h22-24,30H,2-21H2,1H3,(H2,29,32)(H,31,35)(H,33,34)/t23-,24-/m0/s1. The maximum Gasteiger partial charge on any atom is 0.328 e. The van der Waals surface area contributed by atoms with E-state index in [1.54, 1.807) is 0 Å². The van der Waals surface area contributed by atoms with Gasteiger partial charge in [-0.1, -0.05) is 71.1 Å². The van der Waals surface area contributed by atoms with Gasteiger partial charge < -0.3 is 26.2 Å². The lowest BCUT2D eigenvalue weighted by molar-refractivity contribution is -0.155. The van der Waals surface area contributed by atoms with E-state index < -0.39 is 30.0 Å². The summed E-state index contributed by atoms with van der Waals surface area (Å²) in [6.07, 6.45) is 14.7. The average molecular weight is 526 g/mol. The molecule has 1 aliphatic heterocycles. The second-order valence-electron chi connectivity index (χ2n) is 10.4. The van der Waals surface area contributed by atoms with Crippen molar-refractivity contribution in [2.75, 3.05) is 13.1 Å². The molecule has 9 heteroatoms. The number of nitrogens with one attached hydrogen (secondary N) is 2. The van der Waals surface area contributed by atoms with Crippen LogP contribution >= 0.6 is 0 Å². The van der Waals surface area contributed by atoms with E-state index in [9.17, 15) is 19.2 Å². The van der Waals surface area contributed by atoms with Crippen LogP contribution in [0.15, 0.2) is 0 Å². The zero-order valence-corrected chi connectivity index (χ0v) is 22.9. The molecule has 1 rings (SSSR count). The first-order chi connectivity index (χ1) is 17.8. The van der Waals surface area contributed by atoms with Crippen LogP contribution in [0.5, 0.6) is 0 Å². The van der Waals surface area contributed by atoms with Crippen LogP contribution in [-0.4, -0.2) is 54.1 Å². The zero-order valence-electron chi connectivity index (χ0n) is 22.9. The largest absolute Gasteiger partial charge is 0.481 e. The van der Waals surface area contributed by atoms with Gasteiger partial charge in [-0.15, -0.1) is 0 Å². The normalized spacial score (nSPS) is 15.6. The fraction of sp³-hybridized carbons (Fsp3) is 0.857. The average Bonchev–Trinajstić information content (AvgIpc) is 2.86. The predicted molar refractivity (Wildman–Crippen MR) is 144 cm³/mol. The molecule has 5 N–H and O–H groups in total. The number of hydrogen-bond acceptors (Lipinski definition) is 6. The van der Waals surface area contributed by atoms with Crippen LogP contribution in [0.25, 0.3) is 0 Å². The molecule has 0 radical (unpaired) electrons. The topological polar surface area (TPSA) is 148 Å². The number of rotatable bonds is 22. The Morgan fingerprint density at radius 3 is 2.00 bits per heavy atom. The molecule has 2 amide bonds. The van der Waals surface area contributed by atoms with Crippen molar-refractivity contribution < 1.29 is 29.0 Å². The van der Waals surface area contributed by atoms with E-state index >= 15 is 0 Å². The molecule has 0 saturated carbocycles. The van der Waals surface area contributed by atoms with Gasteiger partial charge in [-0.2, -0.15) is 0 Å². The number of carboxylic acid groups (broad SMARTS) is 1. The molecule has 1 saturated heterocycles. The maximum absolute atomic E-state index is 13.0. The molecule has 9 nitrogen and oxygen atoms in total. The molecule has 2 atom stereocenters. The van der Waals surface area contributed by atoms with E-state index in [0.29, 0.717) is 19.3 Å². The summed E-state index contributed by atoms with van der Waals surface area (Å²) in [5.41, 5.74) is 5.39. The van der Waals surface area contributed by atoms with Crippen LogP contribution in [0.4, 0.5) is 0 Å². The number of nitrogens with two attached hydrogens (primary N) is 1. The SMILES string of the molecule is CCCCCCCCCCCCC[C@@H](CC(N)=O)OC(=O)[C@H](CCCC(=O)O)NC(=O)C1CCNCC1. The summed E-state index contributed by atoms with van der Waals surface area (Å²) in [5.74, 6) is -2.52. The van der Waals surface area contributed by atoms with Gasteiger partial charge in [0.05, 0.1) is 6.42 Å². The number of esters is 1. The number of amides is 2. The molecule has 0 aromatic heterocycles. The molecular weight excluding hydrogens is 474 g/mol. The van der Waals surface area contributed by atoms with Crippen LogP contribution in [0.3, 0.4) is 0 Å². The van der Waals surface area contributed by atoms with Gasteiger partial charge in [0.25, 0.3) is 0 Å². The first kappa shape index (κ1) is 32.9. The molecule has 0 aromatic rings. The lowest BCUT2D eigenvalue weighted by Crippen LogP contribution is -2.47. The molecule has 1 aliphatic rings. The Morgan fingerprint density at radius 2 is 1.46 bits per heavy atom. The fourth-order valence-electron chi connectivity index (χ4n) is 4.79. The van der Waals surface area contributed by atoms with Gasteiger partial charge in [-0.25, -0.2) is 4.79 Å². The van der Waals surface area contributed by atoms with Crippen molar-refractivity contribution >= 4 is 23.8 Å². The number of carboxylic acids is 1. The van der Waals surface area contributed by atoms with Gasteiger partial charge in [0.2, 0.25) is 11.8 Å². The molecule has 0 spiro atoms. The monoisotopic (exact) mass is 525 g/mol. The third-order valence-electron chi connectivity index (χ3n) is 7.04. The van der Waals surface area contributed by atoms with E-state index in [4.69, 9.17) is 15.6 Å². The summed E-state index contributed by atoms with van der Waals surface area (Å²) in [5, 5.41) is 14.9. The Balaban J connectivity index is 2.49. The molecule has 0 bridgehead atoms. The van der Waals surface area contributed by atoms with Crippen LogP contribution in [0.2, 0.25) is 0 Å². The Hall–Kier alpha value is -2.16. The van der Waals surface area contributed by atoms with Gasteiger partial charge in [-0.3, -0.25) is 14.4 Å². The van der Waals surface area contributed by atoms with Crippen molar-refractivity contribution in [3.05, 3.63) is 0 Å². The highest BCUT2D eigenvalue weighted by Gasteiger charge is 2.29. The number of ether oxygens (including phenoxy) is 1. The summed E-state index contributed by atoms with van der Waals surface area (Å²) in [4.78, 5) is 48.2. The van der Waals surface area contributed by atoms with Crippen molar-refractivity contribution in [2.24, 2.45) is 11.7 Å². The third-order valence-corrected chi connectivity index (χ3v) is 7.04. The summed E-state index contributed by atoms with van der Waals surface area (Å²) in [6, 6.07) is -0.936. The molecule has 0 aliphatic carbocycles. The van der Waals surface area contributed by atoms with E-state index in [1.807, 2.05) is 0 Å². The lowest BCUT2D eigenvalue weighted by atomic mass is 9.96. The van der Waals surface area contributed by atoms with Crippen molar-refractivity contribution in [3.63, 3.8) is 0 Å². The quantitative estimate of drug-likeness (QED) is 0.122. The minimum atomic E-state index is -0.958. The molecule has 0 unspecified atom stereocenters. The second-order valence-corrected chi connectivity index (χ2v) is 10.4. The third kappa shape index (κ3) is 17.1. The number of carbonyl (C=O) groups is 4. The Kier molecular flexibility index (Phi) is 18.5. The van der Waals surface area contributed by atoms with Crippen LogP contribution in [0.1, 0.15) is 122 Å². The first-order valence-corrected chi connectivity index (χ1v) is 14.5. The smallest absolute Gasteiger partial charge is 0.328 e. The Morgan fingerprint density at radius 1 is 0.892 bits per heavy atom. The van der Waals surface area contributed by atoms with Crippen molar-refractivity contribution in [3.8, 4) is 0 Å². The first-order valence-electron chi connectivity index (χ1n) is 14.5. The minimum Gasteiger partial charge on any atom is -0.481 e. The van der Waals surface area contributed by atoms with Crippen molar-refractivity contribution in [2.45, 2.75) is 135 Å². The number of unbranched alkanes of at least 4 members (excludes halogenated alkanes) is 10. The van der Waals surface area contributed by atoms with Crippen LogP contribution < -0.4 is 16.4 Å². The van der Waals surface area contributed by atoms with Crippen molar-refractivity contribution in [1.29, 1.82) is 0 Å². The van der Waals surface area contributed by atoms with Gasteiger partial charge in [-0.05, 0) is 51.6 Å². The van der Waals surface area contributed by atoms with E-state index in [1.165, 1.54) is 51.4 Å². The highest BCUT2D eigenvalue weighted by Crippen LogP contribution is 2.17. The summed E-state index contributed by atoms with van der Waals surface area (Å²) >= 11 is 0. The van der Waals surface area contributed by atoms with Crippen LogP contribution in [-0.2, 0) is 23.9 Å². The van der Waals surface area contributed by atoms with Gasteiger partial charge >= 0.3 is 11.9 Å². The number of hydrogen-bond donors (Lipinski definition) is 4. The summed E-state index contributed by atoms with van der Waals surface area (Å²) in [6.45, 7) is 3.71. The van der Waals surface area contributed by atoms with E-state index in [2.05, 4.69) is 17.6 Å². The molecule has 214 valence electrons. The fourth-order valence-corrected chi connectivity index (χ4v) is 4.79. The number of piperidine rings is 1. The zero-order chi connectivity index (χ0) is 27.3.